The van der Waals surface area contributed by atoms with Crippen molar-refractivity contribution in [3.8, 4) is 6.07 Å². The third-order valence-electron chi connectivity index (χ3n) is 4.39. The molecule has 0 radical (unpaired) electrons. The number of halogens is 2. The van der Waals surface area contributed by atoms with Crippen molar-refractivity contribution in [3.63, 3.8) is 0 Å². The number of nitrogens with zero attached hydrogens (tertiary/aromatic N) is 2. The number of hydrogen-bond acceptors (Lipinski definition) is 6. The number of carbonyl (C=O) groups is 1. The van der Waals surface area contributed by atoms with E-state index < -0.39 is 26.4 Å². The maximum absolute atomic E-state index is 12.6. The first-order valence-corrected chi connectivity index (χ1v) is 9.98. The van der Waals surface area contributed by atoms with E-state index in [1.807, 2.05) is 0 Å². The van der Waals surface area contributed by atoms with Gasteiger partial charge in [0, 0.05) is 11.7 Å². The summed E-state index contributed by atoms with van der Waals surface area (Å²) in [6.45, 7) is 0. The topological polar surface area (TPSA) is 128 Å². The minimum Gasteiger partial charge on any atom is -0.348 e. The third-order valence-corrected chi connectivity index (χ3v) is 5.79. The van der Waals surface area contributed by atoms with Gasteiger partial charge in [0.1, 0.15) is 11.4 Å². The highest BCUT2D eigenvalue weighted by atomic mass is 32.2. The molecule has 1 aliphatic rings. The summed E-state index contributed by atoms with van der Waals surface area (Å²) >= 11 is 0. The molecule has 2 aromatic rings. The van der Waals surface area contributed by atoms with Gasteiger partial charge in [-0.3, -0.25) is 9.89 Å². The molecule has 3 rings (SSSR count). The number of hydrogen-bond donors (Lipinski definition) is 3. The van der Waals surface area contributed by atoms with E-state index in [0.29, 0.717) is 11.6 Å². The summed E-state index contributed by atoms with van der Waals surface area (Å²) in [6, 6.07) is 6.56. The Hall–Kier alpha value is -3.00. The molecule has 0 saturated heterocycles. The molecule has 1 amide bonds. The number of aromatic amines is 1. The Bertz CT molecular complexity index is 995. The van der Waals surface area contributed by atoms with Gasteiger partial charge in [0.25, 0.3) is 5.91 Å². The second-order valence-electron chi connectivity index (χ2n) is 6.39. The van der Waals surface area contributed by atoms with Crippen LogP contribution in [0.1, 0.15) is 29.6 Å². The normalized spacial score (nSPS) is 15.1. The van der Waals surface area contributed by atoms with E-state index >= 15 is 0 Å². The predicted octanol–water partition coefficient (Wildman–Crippen LogP) is 2.57. The second-order valence-corrected chi connectivity index (χ2v) is 8.31. The third kappa shape index (κ3) is 4.28. The summed E-state index contributed by atoms with van der Waals surface area (Å²) in [5, 5.41) is 21.0. The molecule has 1 aliphatic carbocycles. The lowest BCUT2D eigenvalue weighted by molar-refractivity contribution is 0.0933. The van der Waals surface area contributed by atoms with Gasteiger partial charge in [-0.1, -0.05) is 0 Å². The highest BCUT2D eigenvalue weighted by Gasteiger charge is 2.33. The van der Waals surface area contributed by atoms with Gasteiger partial charge < -0.3 is 10.6 Å². The molecule has 1 heterocycles. The number of aromatic nitrogens is 2. The highest BCUT2D eigenvalue weighted by Crippen LogP contribution is 2.34. The van der Waals surface area contributed by atoms with Crippen molar-refractivity contribution in [3.05, 3.63) is 36.0 Å². The maximum Gasteiger partial charge on any atom is 0.341 e. The first kappa shape index (κ1) is 19.8. The summed E-state index contributed by atoms with van der Waals surface area (Å²) in [4.78, 5) is 12.0. The summed E-state index contributed by atoms with van der Waals surface area (Å²) in [5.41, 5.74) is 0.593. The van der Waals surface area contributed by atoms with Crippen LogP contribution in [-0.2, 0) is 9.84 Å². The zero-order valence-electron chi connectivity index (χ0n) is 14.5. The molecule has 0 bridgehead atoms. The van der Waals surface area contributed by atoms with Crippen molar-refractivity contribution in [1.29, 1.82) is 5.26 Å². The van der Waals surface area contributed by atoms with Crippen molar-refractivity contribution in [1.82, 2.24) is 15.5 Å². The van der Waals surface area contributed by atoms with Crippen molar-refractivity contribution < 1.29 is 22.0 Å². The van der Waals surface area contributed by atoms with Gasteiger partial charge in [-0.2, -0.15) is 19.1 Å². The summed E-state index contributed by atoms with van der Waals surface area (Å²) < 4.78 is 48.1. The van der Waals surface area contributed by atoms with Crippen LogP contribution in [0.4, 0.5) is 20.3 Å². The molecule has 1 unspecified atom stereocenters. The Morgan fingerprint density at radius 3 is 2.57 bits per heavy atom. The smallest absolute Gasteiger partial charge is 0.341 e. The van der Waals surface area contributed by atoms with E-state index in [-0.39, 0.29) is 23.8 Å². The molecule has 0 aliphatic heterocycles. The number of benzene rings is 1. The van der Waals surface area contributed by atoms with Crippen LogP contribution in [0.3, 0.4) is 0 Å². The first-order chi connectivity index (χ1) is 13.3. The van der Waals surface area contributed by atoms with Crippen molar-refractivity contribution in [2.24, 2.45) is 5.92 Å². The summed E-state index contributed by atoms with van der Waals surface area (Å²) in [6.07, 6.45) is 3.48. The predicted molar refractivity (Wildman–Crippen MR) is 95.7 cm³/mol. The Balaban J connectivity index is 1.72. The van der Waals surface area contributed by atoms with Gasteiger partial charge in [-0.05, 0) is 43.0 Å². The Morgan fingerprint density at radius 1 is 1.32 bits per heavy atom. The SMILES string of the molecule is N#CCC(NC(=O)c1cn[nH]c1Nc1ccc(S(=O)(=O)C(F)F)cc1)C1CC1. The number of H-pyrrole nitrogens is 1. The summed E-state index contributed by atoms with van der Waals surface area (Å²) in [7, 11) is -4.67. The molecule has 8 nitrogen and oxygen atoms in total. The molecule has 1 atom stereocenters. The maximum atomic E-state index is 12.6. The quantitative estimate of drug-likeness (QED) is 0.615. The fourth-order valence-electron chi connectivity index (χ4n) is 2.71. The minimum atomic E-state index is -4.67. The molecule has 3 N–H and O–H groups in total. The van der Waals surface area contributed by atoms with E-state index in [9.17, 15) is 22.0 Å². The van der Waals surface area contributed by atoms with E-state index in [1.165, 1.54) is 18.3 Å². The first-order valence-electron chi connectivity index (χ1n) is 8.43. The van der Waals surface area contributed by atoms with Crippen LogP contribution >= 0.6 is 0 Å². The van der Waals surface area contributed by atoms with Gasteiger partial charge in [0.15, 0.2) is 0 Å². The lowest BCUT2D eigenvalue weighted by Gasteiger charge is -2.15. The zero-order valence-corrected chi connectivity index (χ0v) is 15.3. The van der Waals surface area contributed by atoms with Crippen LogP contribution in [0, 0.1) is 17.2 Å². The Morgan fingerprint density at radius 2 is 2.00 bits per heavy atom. The number of rotatable bonds is 8. The van der Waals surface area contributed by atoms with Crippen molar-refractivity contribution in [2.45, 2.75) is 36.0 Å². The van der Waals surface area contributed by atoms with Crippen LogP contribution in [0.5, 0.6) is 0 Å². The minimum absolute atomic E-state index is 0.216. The van der Waals surface area contributed by atoms with Crippen molar-refractivity contribution in [2.75, 3.05) is 5.32 Å². The van der Waals surface area contributed by atoms with Gasteiger partial charge in [0.05, 0.1) is 23.6 Å². The van der Waals surface area contributed by atoms with Crippen molar-refractivity contribution >= 4 is 27.2 Å². The lowest BCUT2D eigenvalue weighted by Crippen LogP contribution is -2.36. The van der Waals surface area contributed by atoms with Crippen LogP contribution in [-0.4, -0.2) is 36.3 Å². The number of carbonyl (C=O) groups excluding carboxylic acids is 1. The van der Waals surface area contributed by atoms with Gasteiger partial charge in [0.2, 0.25) is 9.84 Å². The number of amides is 1. The molecule has 1 fully saturated rings. The molecule has 28 heavy (non-hydrogen) atoms. The number of alkyl halides is 2. The Kier molecular flexibility index (Phi) is 5.60. The molecule has 11 heteroatoms. The zero-order chi connectivity index (χ0) is 20.3. The number of sulfone groups is 1. The highest BCUT2D eigenvalue weighted by molar-refractivity contribution is 7.91. The van der Waals surface area contributed by atoms with Crippen LogP contribution in [0.15, 0.2) is 35.4 Å². The fraction of sp³-hybridized carbons (Fsp3) is 0.353. The number of anilines is 2. The molecule has 1 aromatic carbocycles. The van der Waals surface area contributed by atoms with E-state index in [4.69, 9.17) is 5.26 Å². The molecule has 1 saturated carbocycles. The van der Waals surface area contributed by atoms with Crippen LogP contribution in [0.2, 0.25) is 0 Å². The van der Waals surface area contributed by atoms with E-state index in [2.05, 4.69) is 26.9 Å². The number of nitrogens with one attached hydrogen (secondary N) is 3. The van der Waals surface area contributed by atoms with Crippen LogP contribution in [0.25, 0.3) is 0 Å². The van der Waals surface area contributed by atoms with Crippen LogP contribution < -0.4 is 10.6 Å². The lowest BCUT2D eigenvalue weighted by atomic mass is 10.1. The van der Waals surface area contributed by atoms with E-state index in [1.54, 1.807) is 0 Å². The average Bonchev–Trinajstić information content (AvgIpc) is 3.41. The van der Waals surface area contributed by atoms with Gasteiger partial charge >= 0.3 is 5.76 Å². The van der Waals surface area contributed by atoms with Gasteiger partial charge in [-0.15, -0.1) is 0 Å². The monoisotopic (exact) mass is 409 g/mol. The molecular weight excluding hydrogens is 392 g/mol. The Labute approximate surface area is 159 Å². The molecule has 0 spiro atoms. The second kappa shape index (κ2) is 7.93. The number of nitriles is 1. The average molecular weight is 409 g/mol. The summed E-state index contributed by atoms with van der Waals surface area (Å²) in [5.74, 6) is -3.34. The molecule has 1 aromatic heterocycles. The van der Waals surface area contributed by atoms with Gasteiger partial charge in [-0.25, -0.2) is 8.42 Å². The van der Waals surface area contributed by atoms with E-state index in [0.717, 1.165) is 25.0 Å². The standard InChI is InChI=1S/C17H17F2N5O3S/c18-17(19)28(26,27)12-5-3-11(4-6-12)22-15-13(9-21-24-15)16(25)23-14(7-8-20)10-1-2-10/h3-6,9-10,14,17H,1-2,7H2,(H,23,25)(H2,21,22,24). The largest absolute Gasteiger partial charge is 0.348 e. The molecule has 148 valence electrons. The fourth-order valence-corrected chi connectivity index (χ4v) is 3.43. The molecular formula is C17H17F2N5O3S.